The van der Waals surface area contributed by atoms with E-state index in [1.807, 2.05) is 42.5 Å². The van der Waals surface area contributed by atoms with E-state index in [1.165, 1.54) is 23.3 Å². The van der Waals surface area contributed by atoms with Gasteiger partial charge >= 0.3 is 0 Å². The second-order valence-electron chi connectivity index (χ2n) is 6.92. The van der Waals surface area contributed by atoms with Crippen LogP contribution in [0.5, 0.6) is 5.75 Å². The molecule has 0 radical (unpaired) electrons. The van der Waals surface area contributed by atoms with Crippen LogP contribution in [0.25, 0.3) is 5.69 Å². The number of methoxy groups -OCH3 is 1. The van der Waals surface area contributed by atoms with Crippen molar-refractivity contribution in [1.29, 1.82) is 0 Å². The number of fused-ring (bicyclic) bond motifs is 1. The third-order valence-electron chi connectivity index (χ3n) is 5.19. The summed E-state index contributed by atoms with van der Waals surface area (Å²) in [6.07, 6.45) is 4.51. The molecule has 28 heavy (non-hydrogen) atoms. The van der Waals surface area contributed by atoms with Crippen molar-refractivity contribution in [2.45, 2.75) is 25.3 Å². The summed E-state index contributed by atoms with van der Waals surface area (Å²) in [6, 6.07) is 18.8. The molecule has 3 aromatic rings. The van der Waals surface area contributed by atoms with Crippen molar-refractivity contribution in [1.82, 2.24) is 9.88 Å². The van der Waals surface area contributed by atoms with Crippen LogP contribution in [0.2, 0.25) is 0 Å². The zero-order valence-corrected chi connectivity index (χ0v) is 15.7. The van der Waals surface area contributed by atoms with Gasteiger partial charge in [0.25, 0.3) is 11.5 Å². The largest absolute Gasteiger partial charge is 0.496 e. The Kier molecular flexibility index (Phi) is 4.98. The van der Waals surface area contributed by atoms with E-state index in [0.29, 0.717) is 11.3 Å². The Labute approximate surface area is 163 Å². The first-order valence-electron chi connectivity index (χ1n) is 9.42. The van der Waals surface area contributed by atoms with Gasteiger partial charge in [0, 0.05) is 18.0 Å². The molecule has 0 aliphatic heterocycles. The van der Waals surface area contributed by atoms with Crippen molar-refractivity contribution >= 4 is 5.91 Å². The zero-order chi connectivity index (χ0) is 19.5. The maximum atomic E-state index is 13.1. The van der Waals surface area contributed by atoms with Crippen LogP contribution in [-0.4, -0.2) is 17.6 Å². The summed E-state index contributed by atoms with van der Waals surface area (Å²) in [7, 11) is 1.47. The molecule has 4 rings (SSSR count). The quantitative estimate of drug-likeness (QED) is 0.758. The molecule has 1 aliphatic carbocycles. The zero-order valence-electron chi connectivity index (χ0n) is 15.7. The van der Waals surface area contributed by atoms with E-state index in [1.54, 1.807) is 6.20 Å². The Hall–Kier alpha value is -3.34. The van der Waals surface area contributed by atoms with E-state index in [2.05, 4.69) is 17.4 Å². The predicted octanol–water partition coefficient (Wildman–Crippen LogP) is 3.65. The molecule has 1 atom stereocenters. The van der Waals surface area contributed by atoms with Crippen molar-refractivity contribution in [3.63, 3.8) is 0 Å². The lowest BCUT2D eigenvalue weighted by Crippen LogP contribution is -2.32. The van der Waals surface area contributed by atoms with Crippen molar-refractivity contribution < 1.29 is 9.53 Å². The van der Waals surface area contributed by atoms with E-state index in [0.717, 1.165) is 24.8 Å². The molecule has 2 aromatic carbocycles. The lowest BCUT2D eigenvalue weighted by molar-refractivity contribution is 0.0929. The van der Waals surface area contributed by atoms with Crippen molar-refractivity contribution in [3.8, 4) is 11.4 Å². The van der Waals surface area contributed by atoms with Gasteiger partial charge in [-0.3, -0.25) is 14.2 Å². The molecule has 0 saturated carbocycles. The van der Waals surface area contributed by atoms with E-state index in [-0.39, 0.29) is 23.3 Å². The fraction of sp³-hybridized carbons (Fsp3) is 0.217. The number of benzene rings is 2. The Morgan fingerprint density at radius 1 is 1.11 bits per heavy atom. The first-order chi connectivity index (χ1) is 13.7. The minimum absolute atomic E-state index is 0.0424. The molecule has 5 nitrogen and oxygen atoms in total. The summed E-state index contributed by atoms with van der Waals surface area (Å²) in [5, 5.41) is 3.13. The minimum atomic E-state index is -0.248. The normalized spacial score (nSPS) is 15.5. The van der Waals surface area contributed by atoms with Gasteiger partial charge in [-0.1, -0.05) is 42.5 Å². The molecule has 0 unspecified atom stereocenters. The molecule has 0 spiro atoms. The Morgan fingerprint density at radius 2 is 1.86 bits per heavy atom. The molecule has 0 fully saturated rings. The van der Waals surface area contributed by atoms with Gasteiger partial charge in [0.2, 0.25) is 0 Å². The highest BCUT2D eigenvalue weighted by molar-refractivity contribution is 5.97. The summed E-state index contributed by atoms with van der Waals surface area (Å²) in [5.74, 6) is 0.0296. The highest BCUT2D eigenvalue weighted by Gasteiger charge is 2.24. The van der Waals surface area contributed by atoms with Gasteiger partial charge in [0.05, 0.1) is 18.7 Å². The van der Waals surface area contributed by atoms with Crippen molar-refractivity contribution in [2.24, 2.45) is 0 Å². The van der Waals surface area contributed by atoms with E-state index >= 15 is 0 Å². The SMILES string of the molecule is COc1cc(=O)n(-c2ccccc2)cc1C(=O)N[C@H]1CCCc2ccccc21. The molecule has 5 heteroatoms. The second-order valence-corrected chi connectivity index (χ2v) is 6.92. The summed E-state index contributed by atoms with van der Waals surface area (Å²) >= 11 is 0. The van der Waals surface area contributed by atoms with Crippen LogP contribution < -0.4 is 15.6 Å². The minimum Gasteiger partial charge on any atom is -0.496 e. The van der Waals surface area contributed by atoms with Gasteiger partial charge in [0.15, 0.2) is 0 Å². The van der Waals surface area contributed by atoms with Gasteiger partial charge < -0.3 is 10.1 Å². The maximum Gasteiger partial charge on any atom is 0.258 e. The van der Waals surface area contributed by atoms with Crippen LogP contribution in [-0.2, 0) is 6.42 Å². The fourth-order valence-corrected chi connectivity index (χ4v) is 3.79. The molecule has 0 bridgehead atoms. The number of para-hydroxylation sites is 1. The lowest BCUT2D eigenvalue weighted by Gasteiger charge is -2.26. The number of nitrogens with one attached hydrogen (secondary N) is 1. The summed E-state index contributed by atoms with van der Waals surface area (Å²) in [5.41, 5.74) is 3.24. The van der Waals surface area contributed by atoms with Gasteiger partial charge in [0.1, 0.15) is 5.75 Å². The summed E-state index contributed by atoms with van der Waals surface area (Å²) < 4.78 is 6.79. The third kappa shape index (κ3) is 3.43. The first-order valence-corrected chi connectivity index (χ1v) is 9.42. The van der Waals surface area contributed by atoms with E-state index in [4.69, 9.17) is 4.74 Å². The molecule has 1 heterocycles. The number of carbonyl (C=O) groups is 1. The molecule has 1 amide bonds. The number of hydrogen-bond donors (Lipinski definition) is 1. The van der Waals surface area contributed by atoms with Crippen molar-refractivity contribution in [3.05, 3.63) is 93.9 Å². The monoisotopic (exact) mass is 374 g/mol. The van der Waals surface area contributed by atoms with Gasteiger partial charge in [-0.15, -0.1) is 0 Å². The van der Waals surface area contributed by atoms with Crippen LogP contribution in [0.15, 0.2) is 71.7 Å². The topological polar surface area (TPSA) is 60.3 Å². The number of carbonyl (C=O) groups excluding carboxylic acids is 1. The van der Waals surface area contributed by atoms with Crippen LogP contribution in [0, 0.1) is 0 Å². The average Bonchev–Trinajstić information content (AvgIpc) is 2.74. The molecular formula is C23H22N2O3. The van der Waals surface area contributed by atoms with Crippen LogP contribution in [0.3, 0.4) is 0 Å². The second kappa shape index (κ2) is 7.72. The highest BCUT2D eigenvalue weighted by Crippen LogP contribution is 2.30. The lowest BCUT2D eigenvalue weighted by atomic mass is 9.87. The number of ether oxygens (including phenoxy) is 1. The smallest absolute Gasteiger partial charge is 0.258 e. The van der Waals surface area contributed by atoms with Gasteiger partial charge in [-0.2, -0.15) is 0 Å². The number of nitrogens with zero attached hydrogens (tertiary/aromatic N) is 1. The highest BCUT2D eigenvalue weighted by atomic mass is 16.5. The number of aryl methyl sites for hydroxylation is 1. The number of pyridine rings is 1. The number of aromatic nitrogens is 1. The molecule has 1 aromatic heterocycles. The summed E-state index contributed by atoms with van der Waals surface area (Å²) in [6.45, 7) is 0. The summed E-state index contributed by atoms with van der Waals surface area (Å²) in [4.78, 5) is 25.6. The molecule has 1 N–H and O–H groups in total. The van der Waals surface area contributed by atoms with Crippen molar-refractivity contribution in [2.75, 3.05) is 7.11 Å². The van der Waals surface area contributed by atoms with Gasteiger partial charge in [-0.05, 0) is 42.5 Å². The number of amides is 1. The van der Waals surface area contributed by atoms with Crippen LogP contribution in [0.1, 0.15) is 40.4 Å². The van der Waals surface area contributed by atoms with Gasteiger partial charge in [-0.25, -0.2) is 0 Å². The Bertz CT molecular complexity index is 1060. The standard InChI is InChI=1S/C23H22N2O3/c1-28-21-14-22(26)25(17-10-3-2-4-11-17)15-19(21)23(27)24-20-13-7-9-16-8-5-6-12-18(16)20/h2-6,8,10-12,14-15,20H,7,9,13H2,1H3,(H,24,27)/t20-/m0/s1. The van der Waals surface area contributed by atoms with E-state index < -0.39 is 0 Å². The Balaban J connectivity index is 1.69. The van der Waals surface area contributed by atoms with Crippen LogP contribution >= 0.6 is 0 Å². The number of rotatable bonds is 4. The molecule has 1 aliphatic rings. The fourth-order valence-electron chi connectivity index (χ4n) is 3.79. The molecule has 142 valence electrons. The van der Waals surface area contributed by atoms with E-state index in [9.17, 15) is 9.59 Å². The molecular weight excluding hydrogens is 352 g/mol. The third-order valence-corrected chi connectivity index (χ3v) is 5.19. The number of hydrogen-bond acceptors (Lipinski definition) is 3. The average molecular weight is 374 g/mol. The maximum absolute atomic E-state index is 13.1. The van der Waals surface area contributed by atoms with Crippen LogP contribution in [0.4, 0.5) is 0 Å². The predicted molar refractivity (Wildman–Crippen MR) is 108 cm³/mol. The Morgan fingerprint density at radius 3 is 2.64 bits per heavy atom. The first kappa shape index (κ1) is 18.0. The molecule has 0 saturated heterocycles.